The molecule has 8 heteroatoms. The smallest absolute Gasteiger partial charge is 0.318 e. The van der Waals surface area contributed by atoms with Crippen molar-refractivity contribution in [3.05, 3.63) is 52.9 Å². The first-order chi connectivity index (χ1) is 12.9. The summed E-state index contributed by atoms with van der Waals surface area (Å²) in [6, 6.07) is 13.2. The van der Waals surface area contributed by atoms with Gasteiger partial charge in [0.1, 0.15) is 4.21 Å². The number of hydrogen-bond donors (Lipinski definition) is 2. The fourth-order valence-corrected chi connectivity index (χ4v) is 5.00. The molecule has 3 rings (SSSR count). The van der Waals surface area contributed by atoms with Gasteiger partial charge in [-0.1, -0.05) is 30.3 Å². The minimum Gasteiger partial charge on any atom is -0.333 e. The van der Waals surface area contributed by atoms with Crippen LogP contribution in [0.1, 0.15) is 36.2 Å². The van der Waals surface area contributed by atoms with Crippen LogP contribution in [0, 0.1) is 5.92 Å². The van der Waals surface area contributed by atoms with E-state index in [4.69, 9.17) is 0 Å². The third kappa shape index (κ3) is 5.09. The molecule has 27 heavy (non-hydrogen) atoms. The maximum atomic E-state index is 12.8. The number of hydrogen-bond acceptors (Lipinski definition) is 4. The number of carbonyl (C=O) groups is 1. The van der Waals surface area contributed by atoms with Crippen molar-refractivity contribution < 1.29 is 13.2 Å². The van der Waals surface area contributed by atoms with Crippen LogP contribution in [0.4, 0.5) is 4.79 Å². The molecule has 146 valence electrons. The molecule has 1 aliphatic carbocycles. The molecule has 1 heterocycles. The standard InChI is InChI=1S/C19H25N3O3S2/c1-14(16-6-4-3-5-7-16)22(13-15-8-9-15)19(23)21-12-17-10-11-18(26-17)27(24,25)20-2/h3-7,10-11,14-15,20H,8-9,12-13H2,1-2H3,(H,21,23). The minimum atomic E-state index is -3.44. The van der Waals surface area contributed by atoms with E-state index in [1.165, 1.54) is 31.2 Å². The SMILES string of the molecule is CNS(=O)(=O)c1ccc(CNC(=O)N(CC2CC2)C(C)c2ccccc2)s1. The summed E-state index contributed by atoms with van der Waals surface area (Å²) in [5.74, 6) is 0.580. The van der Waals surface area contributed by atoms with Crippen LogP contribution >= 0.6 is 11.3 Å². The molecule has 1 saturated carbocycles. The molecule has 1 fully saturated rings. The summed E-state index contributed by atoms with van der Waals surface area (Å²) in [5, 5.41) is 2.95. The highest BCUT2D eigenvalue weighted by Crippen LogP contribution is 2.33. The Balaban J connectivity index is 1.66. The first-order valence-electron chi connectivity index (χ1n) is 9.02. The van der Waals surface area contributed by atoms with E-state index < -0.39 is 10.0 Å². The number of benzene rings is 1. The fourth-order valence-electron chi connectivity index (χ4n) is 2.87. The van der Waals surface area contributed by atoms with E-state index in [9.17, 15) is 13.2 Å². The molecular weight excluding hydrogens is 382 g/mol. The molecule has 0 saturated heterocycles. The van der Waals surface area contributed by atoms with Crippen LogP contribution in [0.25, 0.3) is 0 Å². The molecule has 0 bridgehead atoms. The maximum Gasteiger partial charge on any atom is 0.318 e. The monoisotopic (exact) mass is 407 g/mol. The second-order valence-electron chi connectivity index (χ2n) is 6.77. The number of sulfonamides is 1. The van der Waals surface area contributed by atoms with E-state index in [1.807, 2.05) is 42.2 Å². The average Bonchev–Trinajstić information content (AvgIpc) is 3.37. The van der Waals surface area contributed by atoms with Crippen molar-refractivity contribution in [3.8, 4) is 0 Å². The summed E-state index contributed by atoms with van der Waals surface area (Å²) < 4.78 is 26.2. The van der Waals surface area contributed by atoms with Gasteiger partial charge in [-0.05, 0) is 50.4 Å². The molecule has 6 nitrogen and oxygen atoms in total. The van der Waals surface area contributed by atoms with Gasteiger partial charge in [-0.25, -0.2) is 17.9 Å². The summed E-state index contributed by atoms with van der Waals surface area (Å²) in [4.78, 5) is 15.5. The summed E-state index contributed by atoms with van der Waals surface area (Å²) in [7, 11) is -2.06. The van der Waals surface area contributed by atoms with Crippen molar-refractivity contribution in [2.45, 2.75) is 36.6 Å². The second kappa shape index (κ2) is 8.41. The van der Waals surface area contributed by atoms with Crippen molar-refractivity contribution in [1.82, 2.24) is 14.9 Å². The third-order valence-corrected chi connectivity index (χ3v) is 7.74. The molecule has 0 aliphatic heterocycles. The van der Waals surface area contributed by atoms with Gasteiger partial charge in [0.05, 0.1) is 12.6 Å². The number of thiophene rings is 1. The number of rotatable bonds is 8. The van der Waals surface area contributed by atoms with E-state index in [0.717, 1.165) is 17.0 Å². The van der Waals surface area contributed by atoms with Crippen molar-refractivity contribution in [2.75, 3.05) is 13.6 Å². The van der Waals surface area contributed by atoms with Gasteiger partial charge in [0.25, 0.3) is 0 Å². The van der Waals surface area contributed by atoms with Crippen LogP contribution in [0.2, 0.25) is 0 Å². The molecule has 2 amide bonds. The first kappa shape index (κ1) is 19.9. The Morgan fingerprint density at radius 2 is 1.93 bits per heavy atom. The number of nitrogens with zero attached hydrogens (tertiary/aromatic N) is 1. The van der Waals surface area contributed by atoms with Gasteiger partial charge in [0.15, 0.2) is 0 Å². The fraction of sp³-hybridized carbons (Fsp3) is 0.421. The lowest BCUT2D eigenvalue weighted by atomic mass is 10.1. The molecule has 1 unspecified atom stereocenters. The Hall–Kier alpha value is -1.90. The van der Waals surface area contributed by atoms with Gasteiger partial charge in [-0.3, -0.25) is 0 Å². The van der Waals surface area contributed by atoms with Crippen LogP contribution in [0.3, 0.4) is 0 Å². The Kier molecular flexibility index (Phi) is 6.18. The lowest BCUT2D eigenvalue weighted by molar-refractivity contribution is 0.175. The molecular formula is C19H25N3O3S2. The lowest BCUT2D eigenvalue weighted by Crippen LogP contribution is -2.42. The zero-order chi connectivity index (χ0) is 19.4. The molecule has 2 aromatic rings. The van der Waals surface area contributed by atoms with Crippen molar-refractivity contribution in [1.29, 1.82) is 0 Å². The topological polar surface area (TPSA) is 78.5 Å². The normalized spacial score (nSPS) is 15.3. The van der Waals surface area contributed by atoms with Crippen LogP contribution in [-0.2, 0) is 16.6 Å². The molecule has 2 N–H and O–H groups in total. The highest BCUT2D eigenvalue weighted by molar-refractivity contribution is 7.91. The maximum absolute atomic E-state index is 12.8. The number of carbonyl (C=O) groups excluding carboxylic acids is 1. The van der Waals surface area contributed by atoms with Crippen LogP contribution < -0.4 is 10.0 Å². The van der Waals surface area contributed by atoms with Crippen LogP contribution in [0.15, 0.2) is 46.7 Å². The zero-order valence-corrected chi connectivity index (χ0v) is 17.1. The second-order valence-corrected chi connectivity index (χ2v) is 10.1. The predicted molar refractivity (Wildman–Crippen MR) is 107 cm³/mol. The minimum absolute atomic E-state index is 0.0182. The van der Waals surface area contributed by atoms with Gasteiger partial charge in [0, 0.05) is 11.4 Å². The molecule has 1 atom stereocenters. The van der Waals surface area contributed by atoms with Crippen LogP contribution in [-0.4, -0.2) is 32.9 Å². The quantitative estimate of drug-likeness (QED) is 0.704. The lowest BCUT2D eigenvalue weighted by Gasteiger charge is -2.30. The van der Waals surface area contributed by atoms with Gasteiger partial charge in [0.2, 0.25) is 10.0 Å². The largest absolute Gasteiger partial charge is 0.333 e. The molecule has 0 radical (unpaired) electrons. The van der Waals surface area contributed by atoms with Crippen LogP contribution in [0.5, 0.6) is 0 Å². The number of nitrogens with one attached hydrogen (secondary N) is 2. The van der Waals surface area contributed by atoms with E-state index in [-0.39, 0.29) is 16.3 Å². The average molecular weight is 408 g/mol. The molecule has 1 aromatic carbocycles. The highest BCUT2D eigenvalue weighted by Gasteiger charge is 2.30. The van der Waals surface area contributed by atoms with E-state index in [0.29, 0.717) is 12.5 Å². The van der Waals surface area contributed by atoms with Gasteiger partial charge < -0.3 is 10.2 Å². The van der Waals surface area contributed by atoms with Crippen molar-refractivity contribution in [2.24, 2.45) is 5.92 Å². The Morgan fingerprint density at radius 3 is 2.56 bits per heavy atom. The molecule has 1 aliphatic rings. The predicted octanol–water partition coefficient (Wildman–Crippen LogP) is 3.34. The Bertz CT molecular complexity index is 877. The Labute approximate surface area is 164 Å². The summed E-state index contributed by atoms with van der Waals surface area (Å²) in [6.45, 7) is 3.09. The van der Waals surface area contributed by atoms with Crippen molar-refractivity contribution >= 4 is 27.4 Å². The molecule has 0 spiro atoms. The van der Waals surface area contributed by atoms with Gasteiger partial charge in [-0.2, -0.15) is 0 Å². The summed E-state index contributed by atoms with van der Waals surface area (Å²) in [5.41, 5.74) is 1.10. The van der Waals surface area contributed by atoms with E-state index >= 15 is 0 Å². The van der Waals surface area contributed by atoms with Gasteiger partial charge >= 0.3 is 6.03 Å². The number of amides is 2. The summed E-state index contributed by atoms with van der Waals surface area (Å²) in [6.07, 6.45) is 2.34. The van der Waals surface area contributed by atoms with Crippen molar-refractivity contribution in [3.63, 3.8) is 0 Å². The number of urea groups is 1. The summed E-state index contributed by atoms with van der Waals surface area (Å²) >= 11 is 1.17. The highest BCUT2D eigenvalue weighted by atomic mass is 32.2. The third-order valence-electron chi connectivity index (χ3n) is 4.75. The Morgan fingerprint density at radius 1 is 1.22 bits per heavy atom. The zero-order valence-electron chi connectivity index (χ0n) is 15.5. The first-order valence-corrected chi connectivity index (χ1v) is 11.3. The van der Waals surface area contributed by atoms with E-state index in [2.05, 4.69) is 10.0 Å². The van der Waals surface area contributed by atoms with E-state index in [1.54, 1.807) is 12.1 Å². The van der Waals surface area contributed by atoms with Gasteiger partial charge in [-0.15, -0.1) is 11.3 Å². The molecule has 1 aromatic heterocycles.